The number of hydrogen-bond donors (Lipinski definition) is 0. The summed E-state index contributed by atoms with van der Waals surface area (Å²) in [5, 5.41) is 0.500. The normalized spacial score (nSPS) is 14.2. The molecule has 0 spiro atoms. The Kier molecular flexibility index (Phi) is 6.57. The highest BCUT2D eigenvalue weighted by molar-refractivity contribution is 7.92. The molecule has 0 N–H and O–H groups in total. The third kappa shape index (κ3) is 4.05. The van der Waals surface area contributed by atoms with Gasteiger partial charge in [-0.1, -0.05) is 37.6 Å². The van der Waals surface area contributed by atoms with Gasteiger partial charge in [0.2, 0.25) is 0 Å². The van der Waals surface area contributed by atoms with Crippen molar-refractivity contribution in [2.45, 2.75) is 20.8 Å². The molecule has 0 atom stereocenters. The van der Waals surface area contributed by atoms with Gasteiger partial charge >= 0.3 is 0 Å². The van der Waals surface area contributed by atoms with Crippen molar-refractivity contribution < 1.29 is 8.62 Å². The van der Waals surface area contributed by atoms with Crippen LogP contribution in [0.15, 0.2) is 30.3 Å². The maximum atomic E-state index is 13.2. The summed E-state index contributed by atoms with van der Waals surface area (Å²) in [7, 11) is 0. The van der Waals surface area contributed by atoms with Crippen molar-refractivity contribution in [3.63, 3.8) is 0 Å². The molecule has 4 rings (SSSR count). The van der Waals surface area contributed by atoms with E-state index >= 15 is 0 Å². The Balaban J connectivity index is 0.00000102. The van der Waals surface area contributed by atoms with E-state index in [9.17, 15) is 3.89 Å². The van der Waals surface area contributed by atoms with E-state index in [0.717, 1.165) is 37.6 Å². The highest BCUT2D eigenvalue weighted by Gasteiger charge is 2.16. The summed E-state index contributed by atoms with van der Waals surface area (Å²) in [6, 6.07) is 9.81. The Hall–Kier alpha value is -1.83. The molecule has 144 valence electrons. The SMILES string of the molecule is CC.Cc1nc2cc(Cl)c(-c3ccc(N4CCOCC4)cc3)nc2n1SF. The van der Waals surface area contributed by atoms with Crippen molar-refractivity contribution in [2.24, 2.45) is 0 Å². The average Bonchev–Trinajstić information content (AvgIpc) is 3.03. The lowest BCUT2D eigenvalue weighted by Crippen LogP contribution is -2.36. The second-order valence-electron chi connectivity index (χ2n) is 5.83. The number of nitrogens with zero attached hydrogens (tertiary/aromatic N) is 4. The van der Waals surface area contributed by atoms with Crippen LogP contribution in [0.2, 0.25) is 5.02 Å². The van der Waals surface area contributed by atoms with Crippen LogP contribution in [0.1, 0.15) is 19.7 Å². The number of hydrogen-bond acceptors (Lipinski definition) is 5. The summed E-state index contributed by atoms with van der Waals surface area (Å²) in [6.07, 6.45) is 0. The van der Waals surface area contributed by atoms with Crippen LogP contribution in [0.3, 0.4) is 0 Å². The van der Waals surface area contributed by atoms with E-state index in [4.69, 9.17) is 16.3 Å². The number of fused-ring (bicyclic) bond motifs is 1. The van der Waals surface area contributed by atoms with Crippen LogP contribution in [0.25, 0.3) is 22.4 Å². The Morgan fingerprint density at radius 2 is 1.78 bits per heavy atom. The lowest BCUT2D eigenvalue weighted by Gasteiger charge is -2.28. The largest absolute Gasteiger partial charge is 0.378 e. The Bertz CT molecular complexity index is 910. The number of morpholine rings is 1. The predicted octanol–water partition coefficient (Wildman–Crippen LogP) is 5.30. The average molecular weight is 409 g/mol. The highest BCUT2D eigenvalue weighted by atomic mass is 35.5. The monoisotopic (exact) mass is 408 g/mol. The molecule has 8 heteroatoms. The van der Waals surface area contributed by atoms with Gasteiger partial charge in [0.1, 0.15) is 11.3 Å². The molecule has 27 heavy (non-hydrogen) atoms. The summed E-state index contributed by atoms with van der Waals surface area (Å²) in [4.78, 5) is 11.1. The first-order valence-corrected chi connectivity index (χ1v) is 10.0. The topological polar surface area (TPSA) is 43.2 Å². The molecule has 1 fully saturated rings. The van der Waals surface area contributed by atoms with E-state index in [1.807, 2.05) is 26.0 Å². The zero-order valence-electron chi connectivity index (χ0n) is 15.6. The van der Waals surface area contributed by atoms with Crippen molar-refractivity contribution in [1.29, 1.82) is 0 Å². The molecular formula is C19H22ClFN4OS. The van der Waals surface area contributed by atoms with Crippen molar-refractivity contribution >= 4 is 40.8 Å². The molecule has 1 aliphatic heterocycles. The number of pyridine rings is 1. The lowest BCUT2D eigenvalue weighted by atomic mass is 10.1. The molecule has 1 saturated heterocycles. The molecule has 2 aromatic heterocycles. The number of anilines is 1. The van der Waals surface area contributed by atoms with Crippen LogP contribution in [-0.4, -0.2) is 40.2 Å². The molecule has 0 bridgehead atoms. The summed E-state index contributed by atoms with van der Waals surface area (Å²) in [5.74, 6) is 0.547. The van der Waals surface area contributed by atoms with Gasteiger partial charge in [-0.05, 0) is 25.1 Å². The Morgan fingerprint density at radius 1 is 1.11 bits per heavy atom. The number of ether oxygens (including phenoxy) is 1. The number of rotatable bonds is 3. The van der Waals surface area contributed by atoms with Gasteiger partial charge in [0.15, 0.2) is 18.0 Å². The van der Waals surface area contributed by atoms with E-state index in [1.165, 1.54) is 3.97 Å². The van der Waals surface area contributed by atoms with Crippen LogP contribution in [0.4, 0.5) is 9.57 Å². The molecule has 0 aliphatic carbocycles. The third-order valence-electron chi connectivity index (χ3n) is 4.29. The van der Waals surface area contributed by atoms with Crippen LogP contribution in [0, 0.1) is 6.92 Å². The first kappa shape index (κ1) is 19.9. The van der Waals surface area contributed by atoms with Crippen LogP contribution in [-0.2, 0) is 4.74 Å². The molecular weight excluding hydrogens is 387 g/mol. The first-order valence-electron chi connectivity index (χ1n) is 8.95. The Morgan fingerprint density at radius 3 is 2.41 bits per heavy atom. The number of aryl methyl sites for hydroxylation is 1. The number of imidazole rings is 1. The molecule has 0 radical (unpaired) electrons. The fourth-order valence-corrected chi connectivity index (χ4v) is 3.61. The number of aromatic nitrogens is 3. The van der Waals surface area contributed by atoms with Crippen molar-refractivity contribution in [3.05, 3.63) is 41.2 Å². The van der Waals surface area contributed by atoms with Gasteiger partial charge in [0, 0.05) is 24.3 Å². The quantitative estimate of drug-likeness (QED) is 0.588. The van der Waals surface area contributed by atoms with Gasteiger partial charge in [-0.2, -0.15) is 0 Å². The van der Waals surface area contributed by atoms with Crippen LogP contribution in [0.5, 0.6) is 0 Å². The predicted molar refractivity (Wildman–Crippen MR) is 111 cm³/mol. The van der Waals surface area contributed by atoms with Crippen LogP contribution < -0.4 is 4.90 Å². The van der Waals surface area contributed by atoms with Gasteiger partial charge < -0.3 is 9.64 Å². The van der Waals surface area contributed by atoms with Crippen LogP contribution >= 0.6 is 23.9 Å². The maximum absolute atomic E-state index is 13.2. The molecule has 3 aromatic rings. The van der Waals surface area contributed by atoms with E-state index in [1.54, 1.807) is 13.0 Å². The van der Waals surface area contributed by atoms with E-state index < -0.39 is 0 Å². The zero-order chi connectivity index (χ0) is 19.4. The minimum atomic E-state index is 0.0926. The van der Waals surface area contributed by atoms with Crippen molar-refractivity contribution in [1.82, 2.24) is 13.9 Å². The van der Waals surface area contributed by atoms with E-state index in [0.29, 0.717) is 27.7 Å². The standard InChI is InChI=1S/C17H16ClFN4OS.C2H6/c1-11-20-15-10-14(18)16(21-17(15)23(11)25-19)12-2-4-13(5-3-12)22-6-8-24-9-7-22;1-2/h2-5,10H,6-9H2,1H3;1-2H3. The second-order valence-corrected chi connectivity index (χ2v) is 6.74. The van der Waals surface area contributed by atoms with E-state index in [2.05, 4.69) is 27.0 Å². The van der Waals surface area contributed by atoms with Crippen molar-refractivity contribution in [2.75, 3.05) is 31.2 Å². The fourth-order valence-electron chi connectivity index (χ4n) is 3.01. The van der Waals surface area contributed by atoms with Gasteiger partial charge in [0.05, 0.1) is 23.9 Å². The Labute approximate surface area is 167 Å². The molecule has 1 aliphatic rings. The molecule has 1 aromatic carbocycles. The maximum Gasteiger partial charge on any atom is 0.173 e. The minimum absolute atomic E-state index is 0.0926. The number of benzene rings is 1. The summed E-state index contributed by atoms with van der Waals surface area (Å²) in [5.41, 5.74) is 3.71. The first-order chi connectivity index (χ1) is 13.2. The molecule has 0 unspecified atom stereocenters. The van der Waals surface area contributed by atoms with Crippen molar-refractivity contribution in [3.8, 4) is 11.3 Å². The van der Waals surface area contributed by atoms with E-state index in [-0.39, 0.29) is 12.3 Å². The highest BCUT2D eigenvalue weighted by Crippen LogP contribution is 2.32. The van der Waals surface area contributed by atoms with Gasteiger partial charge in [-0.25, -0.2) is 13.9 Å². The summed E-state index contributed by atoms with van der Waals surface area (Å²) < 4.78 is 19.9. The lowest BCUT2D eigenvalue weighted by molar-refractivity contribution is 0.122. The fraction of sp³-hybridized carbons (Fsp3) is 0.368. The minimum Gasteiger partial charge on any atom is -0.378 e. The second kappa shape index (κ2) is 8.91. The van der Waals surface area contributed by atoms with Gasteiger partial charge in [-0.3, -0.25) is 0 Å². The van der Waals surface area contributed by atoms with Gasteiger partial charge in [-0.15, -0.1) is 3.89 Å². The third-order valence-corrected chi connectivity index (χ3v) is 5.15. The summed E-state index contributed by atoms with van der Waals surface area (Å²) >= 11 is 6.48. The molecule has 3 heterocycles. The smallest absolute Gasteiger partial charge is 0.173 e. The zero-order valence-corrected chi connectivity index (χ0v) is 17.1. The molecule has 5 nitrogen and oxygen atoms in total. The summed E-state index contributed by atoms with van der Waals surface area (Å²) in [6.45, 7) is 9.00. The molecule has 0 saturated carbocycles. The molecule has 0 amide bonds. The van der Waals surface area contributed by atoms with Gasteiger partial charge in [0.25, 0.3) is 0 Å². The number of halogens is 2.